The monoisotopic (exact) mass is 299 g/mol. The molecule has 22 heavy (non-hydrogen) atoms. The summed E-state index contributed by atoms with van der Waals surface area (Å²) in [6, 6.07) is 14.2. The van der Waals surface area contributed by atoms with Gasteiger partial charge in [-0.25, -0.2) is 10.0 Å². The number of nitrogens with zero attached hydrogens (tertiary/aromatic N) is 3. The van der Waals surface area contributed by atoms with Crippen LogP contribution in [-0.2, 0) is 11.4 Å². The van der Waals surface area contributed by atoms with Gasteiger partial charge >= 0.3 is 0 Å². The quantitative estimate of drug-likeness (QED) is 0.444. The molecule has 2 aromatic rings. The van der Waals surface area contributed by atoms with E-state index in [1.807, 2.05) is 18.2 Å². The second kappa shape index (κ2) is 7.19. The maximum atomic E-state index is 9.45. The van der Waals surface area contributed by atoms with E-state index in [0.717, 1.165) is 0 Å². The Bertz CT molecular complexity index is 671. The molecule has 0 fully saturated rings. The maximum absolute atomic E-state index is 9.45. The van der Waals surface area contributed by atoms with Crippen LogP contribution in [0, 0.1) is 5.41 Å². The first-order valence-corrected chi connectivity index (χ1v) is 6.56. The molecular weight excluding hydrogens is 282 g/mol. The molecule has 0 saturated heterocycles. The fourth-order valence-corrected chi connectivity index (χ4v) is 1.72. The Morgan fingerprint density at radius 2 is 2.00 bits per heavy atom. The molecule has 0 amide bonds. The molecule has 0 bridgehead atoms. The molecule has 0 spiro atoms. The standard InChI is InChI=1S/C15H17N5O2/c1-20(21)15(17)14(11-6-3-2-4-7-11)19-22-10-12-8-5-9-13(16)18-12/h2-9,17,21H,10H2,1H3,(H2,16,18)/b17-15?,19-14-. The Labute approximate surface area is 128 Å². The van der Waals surface area contributed by atoms with Crippen LogP contribution in [-0.4, -0.2) is 33.8 Å². The maximum Gasteiger partial charge on any atom is 0.174 e. The lowest BCUT2D eigenvalue weighted by molar-refractivity contribution is 0.0148. The minimum atomic E-state index is -0.174. The SMILES string of the molecule is CN(O)C(=N)/C(=N\OCc1cccc(N)n1)c1ccccc1. The number of nitrogens with one attached hydrogen (secondary N) is 1. The first-order valence-electron chi connectivity index (χ1n) is 6.56. The van der Waals surface area contributed by atoms with E-state index >= 15 is 0 Å². The molecule has 0 aliphatic rings. The summed E-state index contributed by atoms with van der Waals surface area (Å²) in [6.07, 6.45) is 0. The van der Waals surface area contributed by atoms with Crippen LogP contribution < -0.4 is 5.73 Å². The van der Waals surface area contributed by atoms with Crippen LogP contribution in [0.4, 0.5) is 5.82 Å². The van der Waals surface area contributed by atoms with E-state index in [0.29, 0.717) is 22.1 Å². The highest BCUT2D eigenvalue weighted by molar-refractivity contribution is 6.45. The second-order valence-corrected chi connectivity index (χ2v) is 4.51. The van der Waals surface area contributed by atoms with Crippen molar-refractivity contribution in [3.63, 3.8) is 0 Å². The number of hydrogen-bond donors (Lipinski definition) is 3. The van der Waals surface area contributed by atoms with E-state index in [1.54, 1.807) is 30.3 Å². The molecule has 4 N–H and O–H groups in total. The first-order chi connectivity index (χ1) is 10.6. The molecule has 0 atom stereocenters. The van der Waals surface area contributed by atoms with Gasteiger partial charge in [0.25, 0.3) is 0 Å². The van der Waals surface area contributed by atoms with Crippen molar-refractivity contribution in [2.45, 2.75) is 6.61 Å². The average molecular weight is 299 g/mol. The Kier molecular flexibility index (Phi) is 5.05. The molecule has 0 aliphatic carbocycles. The Balaban J connectivity index is 2.17. The van der Waals surface area contributed by atoms with Gasteiger partial charge in [-0.2, -0.15) is 0 Å². The molecule has 0 radical (unpaired) electrons. The largest absolute Gasteiger partial charge is 0.389 e. The highest BCUT2D eigenvalue weighted by Crippen LogP contribution is 2.07. The van der Waals surface area contributed by atoms with Gasteiger partial charge in [-0.1, -0.05) is 41.6 Å². The summed E-state index contributed by atoms with van der Waals surface area (Å²) < 4.78 is 0. The van der Waals surface area contributed by atoms with Crippen molar-refractivity contribution >= 4 is 17.4 Å². The van der Waals surface area contributed by atoms with Crippen molar-refractivity contribution in [1.29, 1.82) is 5.41 Å². The number of hydrogen-bond acceptors (Lipinski definition) is 6. The number of aromatic nitrogens is 1. The van der Waals surface area contributed by atoms with E-state index in [2.05, 4.69) is 10.1 Å². The van der Waals surface area contributed by atoms with E-state index in [9.17, 15) is 5.21 Å². The first kappa shape index (κ1) is 15.5. The Morgan fingerprint density at radius 1 is 1.27 bits per heavy atom. The normalized spacial score (nSPS) is 11.1. The summed E-state index contributed by atoms with van der Waals surface area (Å²) in [5, 5.41) is 22.0. The minimum Gasteiger partial charge on any atom is -0.389 e. The zero-order chi connectivity index (χ0) is 15.9. The average Bonchev–Trinajstić information content (AvgIpc) is 2.52. The van der Waals surface area contributed by atoms with Crippen LogP contribution in [0.2, 0.25) is 0 Å². The molecule has 0 unspecified atom stereocenters. The molecule has 7 nitrogen and oxygen atoms in total. The third-order valence-corrected chi connectivity index (χ3v) is 2.79. The number of oxime groups is 1. The zero-order valence-corrected chi connectivity index (χ0v) is 12.1. The van der Waals surface area contributed by atoms with Gasteiger partial charge in [0.15, 0.2) is 18.2 Å². The van der Waals surface area contributed by atoms with Crippen LogP contribution >= 0.6 is 0 Å². The summed E-state index contributed by atoms with van der Waals surface area (Å²) in [5.41, 5.74) is 7.10. The van der Waals surface area contributed by atoms with Crippen molar-refractivity contribution in [2.24, 2.45) is 5.16 Å². The number of hydroxylamine groups is 2. The van der Waals surface area contributed by atoms with Gasteiger partial charge in [-0.3, -0.25) is 10.6 Å². The molecule has 0 saturated carbocycles. The van der Waals surface area contributed by atoms with Crippen molar-refractivity contribution in [1.82, 2.24) is 10.0 Å². The molecular formula is C15H17N5O2. The third-order valence-electron chi connectivity index (χ3n) is 2.79. The molecule has 7 heteroatoms. The van der Waals surface area contributed by atoms with Crippen LogP contribution in [0.3, 0.4) is 0 Å². The van der Waals surface area contributed by atoms with Gasteiger partial charge in [-0.05, 0) is 12.1 Å². The number of nitrogens with two attached hydrogens (primary N) is 1. The van der Waals surface area contributed by atoms with Gasteiger partial charge in [0.05, 0.1) is 5.69 Å². The highest BCUT2D eigenvalue weighted by atomic mass is 16.6. The van der Waals surface area contributed by atoms with Crippen molar-refractivity contribution in [3.05, 3.63) is 59.8 Å². The third kappa shape index (κ3) is 4.03. The van der Waals surface area contributed by atoms with E-state index < -0.39 is 0 Å². The van der Waals surface area contributed by atoms with Crippen molar-refractivity contribution in [2.75, 3.05) is 12.8 Å². The topological polar surface area (TPSA) is 108 Å². The summed E-state index contributed by atoms with van der Waals surface area (Å²) in [4.78, 5) is 9.35. The van der Waals surface area contributed by atoms with Crippen molar-refractivity contribution in [3.8, 4) is 0 Å². The second-order valence-electron chi connectivity index (χ2n) is 4.51. The lowest BCUT2D eigenvalue weighted by atomic mass is 10.1. The number of rotatable bonds is 5. The molecule has 1 aromatic carbocycles. The van der Waals surface area contributed by atoms with Gasteiger partial charge in [-0.15, -0.1) is 0 Å². The summed E-state index contributed by atoms with van der Waals surface area (Å²) in [7, 11) is 1.35. The fraction of sp³-hybridized carbons (Fsp3) is 0.133. The lowest BCUT2D eigenvalue weighted by Gasteiger charge is -2.13. The van der Waals surface area contributed by atoms with E-state index in [-0.39, 0.29) is 18.2 Å². The minimum absolute atomic E-state index is 0.115. The number of amidine groups is 1. The molecule has 1 aromatic heterocycles. The highest BCUT2D eigenvalue weighted by Gasteiger charge is 2.14. The van der Waals surface area contributed by atoms with Crippen LogP contribution in [0.15, 0.2) is 53.7 Å². The number of benzene rings is 1. The Hall–Kier alpha value is -2.93. The van der Waals surface area contributed by atoms with Gasteiger partial charge < -0.3 is 10.6 Å². The van der Waals surface area contributed by atoms with Crippen LogP contribution in [0.5, 0.6) is 0 Å². The molecule has 1 heterocycles. The van der Waals surface area contributed by atoms with Gasteiger partial charge in [0.2, 0.25) is 0 Å². The predicted molar refractivity (Wildman–Crippen MR) is 83.7 cm³/mol. The summed E-state index contributed by atoms with van der Waals surface area (Å²) >= 11 is 0. The predicted octanol–water partition coefficient (Wildman–Crippen LogP) is 1.88. The van der Waals surface area contributed by atoms with Crippen LogP contribution in [0.25, 0.3) is 0 Å². The number of nitrogen functional groups attached to an aromatic ring is 1. The van der Waals surface area contributed by atoms with E-state index in [4.69, 9.17) is 16.0 Å². The summed E-state index contributed by atoms with van der Waals surface area (Å²) in [5.74, 6) is 0.225. The Morgan fingerprint density at radius 3 is 2.64 bits per heavy atom. The number of anilines is 1. The fourth-order valence-electron chi connectivity index (χ4n) is 1.72. The molecule has 0 aliphatic heterocycles. The van der Waals surface area contributed by atoms with Gasteiger partial charge in [0.1, 0.15) is 5.82 Å². The van der Waals surface area contributed by atoms with Crippen LogP contribution in [0.1, 0.15) is 11.3 Å². The number of pyridine rings is 1. The van der Waals surface area contributed by atoms with Crippen molar-refractivity contribution < 1.29 is 10.0 Å². The number of likely N-dealkylation sites (N-methyl/N-ethyl adjacent to an activating group) is 1. The summed E-state index contributed by atoms with van der Waals surface area (Å²) in [6.45, 7) is 0.115. The molecule has 114 valence electrons. The lowest BCUT2D eigenvalue weighted by Crippen LogP contribution is -2.30. The smallest absolute Gasteiger partial charge is 0.174 e. The molecule has 2 rings (SSSR count). The van der Waals surface area contributed by atoms with E-state index in [1.165, 1.54) is 7.05 Å². The van der Waals surface area contributed by atoms with Gasteiger partial charge in [0, 0.05) is 12.6 Å². The zero-order valence-electron chi connectivity index (χ0n) is 12.1.